The third kappa shape index (κ3) is 1.99. The van der Waals surface area contributed by atoms with E-state index in [2.05, 4.69) is 12.2 Å². The van der Waals surface area contributed by atoms with Crippen molar-refractivity contribution >= 4 is 5.91 Å². The number of amides is 1. The standard InChI is InChI=1S/C16H22N2O2/c1-10-8-11(9-10)18-15(19)16(17)7-6-12-13(16)4-3-5-14(12)20-2/h3-5,10-11H,6-9,17H2,1-2H3,(H,18,19). The van der Waals surface area contributed by atoms with Gasteiger partial charge in [0.25, 0.3) is 0 Å². The first-order valence-corrected chi connectivity index (χ1v) is 7.31. The number of hydrogen-bond donors (Lipinski definition) is 2. The number of carbonyl (C=O) groups is 1. The van der Waals surface area contributed by atoms with E-state index >= 15 is 0 Å². The average Bonchev–Trinajstić information content (AvgIpc) is 2.76. The number of ether oxygens (including phenoxy) is 1. The number of carbonyl (C=O) groups excluding carboxylic acids is 1. The summed E-state index contributed by atoms with van der Waals surface area (Å²) in [5, 5.41) is 3.10. The highest BCUT2D eigenvalue weighted by atomic mass is 16.5. The van der Waals surface area contributed by atoms with Crippen molar-refractivity contribution in [1.29, 1.82) is 0 Å². The minimum absolute atomic E-state index is 0.0404. The van der Waals surface area contributed by atoms with E-state index in [0.29, 0.717) is 18.4 Å². The predicted molar refractivity (Wildman–Crippen MR) is 77.5 cm³/mol. The summed E-state index contributed by atoms with van der Waals surface area (Å²) >= 11 is 0. The number of nitrogens with two attached hydrogens (primary N) is 1. The van der Waals surface area contributed by atoms with Crippen molar-refractivity contribution in [3.05, 3.63) is 29.3 Å². The Balaban J connectivity index is 1.82. The Hall–Kier alpha value is -1.55. The Morgan fingerprint density at radius 1 is 1.45 bits per heavy atom. The lowest BCUT2D eigenvalue weighted by Gasteiger charge is -2.36. The van der Waals surface area contributed by atoms with Crippen LogP contribution in [0.15, 0.2) is 18.2 Å². The number of fused-ring (bicyclic) bond motifs is 1. The minimum Gasteiger partial charge on any atom is -0.496 e. The third-order valence-electron chi connectivity index (χ3n) is 4.72. The van der Waals surface area contributed by atoms with Gasteiger partial charge in [0.2, 0.25) is 5.91 Å². The molecular formula is C16H22N2O2. The van der Waals surface area contributed by atoms with Crippen LogP contribution in [0.1, 0.15) is 37.3 Å². The molecule has 0 aliphatic heterocycles. The molecule has 0 bridgehead atoms. The highest BCUT2D eigenvalue weighted by Crippen LogP contribution is 2.40. The first-order valence-electron chi connectivity index (χ1n) is 7.31. The van der Waals surface area contributed by atoms with Crippen LogP contribution in [-0.2, 0) is 16.8 Å². The van der Waals surface area contributed by atoms with E-state index in [1.807, 2.05) is 18.2 Å². The van der Waals surface area contributed by atoms with Crippen molar-refractivity contribution < 1.29 is 9.53 Å². The van der Waals surface area contributed by atoms with Crippen LogP contribution >= 0.6 is 0 Å². The van der Waals surface area contributed by atoms with Gasteiger partial charge in [0.05, 0.1) is 7.11 Å². The van der Waals surface area contributed by atoms with Gasteiger partial charge in [-0.05, 0) is 48.8 Å². The molecule has 1 amide bonds. The van der Waals surface area contributed by atoms with E-state index in [0.717, 1.165) is 36.1 Å². The molecule has 0 radical (unpaired) electrons. The van der Waals surface area contributed by atoms with Gasteiger partial charge in [0.15, 0.2) is 0 Å². The lowest BCUT2D eigenvalue weighted by Crippen LogP contribution is -2.55. The van der Waals surface area contributed by atoms with Crippen LogP contribution in [0.25, 0.3) is 0 Å². The van der Waals surface area contributed by atoms with Gasteiger partial charge in [-0.2, -0.15) is 0 Å². The zero-order chi connectivity index (χ0) is 14.3. The number of nitrogens with one attached hydrogen (secondary N) is 1. The Bertz CT molecular complexity index is 537. The van der Waals surface area contributed by atoms with Gasteiger partial charge in [-0.15, -0.1) is 0 Å². The molecule has 0 aromatic heterocycles. The first-order chi connectivity index (χ1) is 9.54. The fourth-order valence-corrected chi connectivity index (χ4v) is 3.46. The minimum atomic E-state index is -0.900. The van der Waals surface area contributed by atoms with E-state index in [-0.39, 0.29) is 5.91 Å². The summed E-state index contributed by atoms with van der Waals surface area (Å²) < 4.78 is 5.37. The molecule has 1 fully saturated rings. The summed E-state index contributed by atoms with van der Waals surface area (Å²) in [6.07, 6.45) is 3.57. The largest absolute Gasteiger partial charge is 0.496 e. The summed E-state index contributed by atoms with van der Waals surface area (Å²) in [5.74, 6) is 1.51. The maximum Gasteiger partial charge on any atom is 0.244 e. The van der Waals surface area contributed by atoms with Crippen LogP contribution in [0.4, 0.5) is 0 Å². The Morgan fingerprint density at radius 3 is 2.85 bits per heavy atom. The smallest absolute Gasteiger partial charge is 0.244 e. The summed E-state index contributed by atoms with van der Waals surface area (Å²) in [6.45, 7) is 2.20. The van der Waals surface area contributed by atoms with Crippen molar-refractivity contribution in [3.63, 3.8) is 0 Å². The predicted octanol–water partition coefficient (Wildman–Crippen LogP) is 1.71. The molecule has 20 heavy (non-hydrogen) atoms. The Morgan fingerprint density at radius 2 is 2.20 bits per heavy atom. The molecule has 1 aromatic carbocycles. The second kappa shape index (κ2) is 4.77. The van der Waals surface area contributed by atoms with Crippen molar-refractivity contribution in [3.8, 4) is 5.75 Å². The zero-order valence-corrected chi connectivity index (χ0v) is 12.1. The lowest BCUT2D eigenvalue weighted by atomic mass is 9.81. The van der Waals surface area contributed by atoms with Crippen LogP contribution in [0.3, 0.4) is 0 Å². The molecular weight excluding hydrogens is 252 g/mol. The van der Waals surface area contributed by atoms with Gasteiger partial charge >= 0.3 is 0 Å². The monoisotopic (exact) mass is 274 g/mol. The second-order valence-electron chi connectivity index (χ2n) is 6.20. The lowest BCUT2D eigenvalue weighted by molar-refractivity contribution is -0.128. The zero-order valence-electron chi connectivity index (χ0n) is 12.1. The number of benzene rings is 1. The molecule has 0 spiro atoms. The fraction of sp³-hybridized carbons (Fsp3) is 0.562. The summed E-state index contributed by atoms with van der Waals surface area (Å²) in [6, 6.07) is 6.08. The van der Waals surface area contributed by atoms with Gasteiger partial charge < -0.3 is 15.8 Å². The van der Waals surface area contributed by atoms with E-state index in [1.165, 1.54) is 0 Å². The summed E-state index contributed by atoms with van der Waals surface area (Å²) in [7, 11) is 1.65. The molecule has 3 N–H and O–H groups in total. The van der Waals surface area contributed by atoms with Gasteiger partial charge in [-0.1, -0.05) is 19.1 Å². The molecule has 1 saturated carbocycles. The van der Waals surface area contributed by atoms with Crippen LogP contribution in [0.2, 0.25) is 0 Å². The van der Waals surface area contributed by atoms with Crippen molar-refractivity contribution in [2.75, 3.05) is 7.11 Å². The molecule has 3 rings (SSSR count). The highest BCUT2D eigenvalue weighted by molar-refractivity contribution is 5.89. The van der Waals surface area contributed by atoms with Crippen molar-refractivity contribution in [1.82, 2.24) is 5.32 Å². The first kappa shape index (κ1) is 13.4. The van der Waals surface area contributed by atoms with Crippen LogP contribution in [0.5, 0.6) is 5.75 Å². The SMILES string of the molecule is COc1cccc2c1CCC2(N)C(=O)NC1CC(C)C1. The van der Waals surface area contributed by atoms with Gasteiger partial charge in [0, 0.05) is 6.04 Å². The number of methoxy groups -OCH3 is 1. The third-order valence-corrected chi connectivity index (χ3v) is 4.72. The fourth-order valence-electron chi connectivity index (χ4n) is 3.46. The second-order valence-corrected chi connectivity index (χ2v) is 6.20. The molecule has 4 nitrogen and oxygen atoms in total. The molecule has 1 atom stereocenters. The number of rotatable bonds is 3. The quantitative estimate of drug-likeness (QED) is 0.882. The average molecular weight is 274 g/mol. The van der Waals surface area contributed by atoms with Gasteiger partial charge in [-0.3, -0.25) is 4.79 Å². The van der Waals surface area contributed by atoms with Crippen LogP contribution in [0, 0.1) is 5.92 Å². The normalized spacial score (nSPS) is 31.4. The van der Waals surface area contributed by atoms with Gasteiger partial charge in [0.1, 0.15) is 11.3 Å². The molecule has 1 unspecified atom stereocenters. The molecule has 2 aliphatic rings. The topological polar surface area (TPSA) is 64.3 Å². The maximum absolute atomic E-state index is 12.6. The van der Waals surface area contributed by atoms with Crippen LogP contribution < -0.4 is 15.8 Å². The molecule has 0 heterocycles. The van der Waals surface area contributed by atoms with Crippen molar-refractivity contribution in [2.24, 2.45) is 11.7 Å². The Kier molecular flexibility index (Phi) is 3.21. The molecule has 108 valence electrons. The van der Waals surface area contributed by atoms with E-state index < -0.39 is 5.54 Å². The summed E-state index contributed by atoms with van der Waals surface area (Å²) in [5.41, 5.74) is 7.53. The van der Waals surface area contributed by atoms with E-state index in [4.69, 9.17) is 10.5 Å². The van der Waals surface area contributed by atoms with E-state index in [9.17, 15) is 4.79 Å². The van der Waals surface area contributed by atoms with Gasteiger partial charge in [-0.25, -0.2) is 0 Å². The molecule has 1 aromatic rings. The van der Waals surface area contributed by atoms with Crippen LogP contribution in [-0.4, -0.2) is 19.1 Å². The Labute approximate surface area is 119 Å². The van der Waals surface area contributed by atoms with Crippen molar-refractivity contribution in [2.45, 2.75) is 44.2 Å². The molecule has 0 saturated heterocycles. The van der Waals surface area contributed by atoms with E-state index in [1.54, 1.807) is 7.11 Å². The molecule has 2 aliphatic carbocycles. The highest BCUT2D eigenvalue weighted by Gasteiger charge is 2.44. The summed E-state index contributed by atoms with van der Waals surface area (Å²) in [4.78, 5) is 12.6. The maximum atomic E-state index is 12.6. The molecule has 4 heteroatoms. The number of hydrogen-bond acceptors (Lipinski definition) is 3.